The summed E-state index contributed by atoms with van der Waals surface area (Å²) in [6.07, 6.45) is 2.57. The third-order valence-corrected chi connectivity index (χ3v) is 3.00. The minimum absolute atomic E-state index is 0.0897. The lowest BCUT2D eigenvalue weighted by Crippen LogP contribution is -2.21. The van der Waals surface area contributed by atoms with Crippen LogP contribution in [0, 0.1) is 11.7 Å². The predicted octanol–water partition coefficient (Wildman–Crippen LogP) is 2.24. The molecule has 0 spiro atoms. The molecule has 76 valence electrons. The third-order valence-electron chi connectivity index (χ3n) is 3.00. The quantitative estimate of drug-likeness (QED) is 0.711. The number of rotatable bonds is 2. The van der Waals surface area contributed by atoms with Crippen LogP contribution < -0.4 is 5.73 Å². The van der Waals surface area contributed by atoms with Gasteiger partial charge in [-0.15, -0.1) is 0 Å². The number of para-hydroxylation sites is 1. The first-order valence-electron chi connectivity index (χ1n) is 4.92. The molecule has 0 aromatic heterocycles. The molecule has 0 amide bonds. The fourth-order valence-electron chi connectivity index (χ4n) is 1.82. The molecular weight excluding hydrogens is 181 g/mol. The Hall–Kier alpha value is -1.09. The number of nitrogen functional groups attached to an aromatic ring is 1. The van der Waals surface area contributed by atoms with Crippen molar-refractivity contribution in [1.29, 1.82) is 0 Å². The Labute approximate surface area is 82.5 Å². The molecule has 2 nitrogen and oxygen atoms in total. The molecule has 1 aliphatic carbocycles. The van der Waals surface area contributed by atoms with Gasteiger partial charge in [-0.2, -0.15) is 0 Å². The van der Waals surface area contributed by atoms with Crippen molar-refractivity contribution in [2.24, 2.45) is 5.92 Å². The average Bonchev–Trinajstić information content (AvgIpc) is 2.06. The second-order valence-electron chi connectivity index (χ2n) is 3.88. The van der Waals surface area contributed by atoms with Gasteiger partial charge >= 0.3 is 0 Å². The van der Waals surface area contributed by atoms with Gasteiger partial charge in [0.2, 0.25) is 0 Å². The van der Waals surface area contributed by atoms with E-state index in [-0.39, 0.29) is 11.6 Å². The lowest BCUT2D eigenvalue weighted by Gasteiger charge is -2.31. The Morgan fingerprint density at radius 3 is 2.71 bits per heavy atom. The lowest BCUT2D eigenvalue weighted by atomic mass is 9.78. The molecule has 1 aromatic rings. The molecule has 1 aliphatic rings. The van der Waals surface area contributed by atoms with Crippen molar-refractivity contribution in [3.8, 4) is 0 Å². The zero-order valence-corrected chi connectivity index (χ0v) is 7.91. The van der Waals surface area contributed by atoms with E-state index >= 15 is 0 Å². The number of hydrogen-bond donors (Lipinski definition) is 2. The zero-order chi connectivity index (χ0) is 10.1. The number of aliphatic hydroxyl groups excluding tert-OH is 1. The summed E-state index contributed by atoms with van der Waals surface area (Å²) in [5.41, 5.74) is 6.19. The van der Waals surface area contributed by atoms with E-state index in [9.17, 15) is 9.50 Å². The van der Waals surface area contributed by atoms with E-state index in [1.54, 1.807) is 12.1 Å². The van der Waals surface area contributed by atoms with Crippen LogP contribution >= 0.6 is 0 Å². The standard InChI is InChI=1S/C11H14FNO/c12-9-6-2-5-8(10(9)13)11(14)7-3-1-4-7/h2,5-7,11,14H,1,3-4,13H2. The number of benzene rings is 1. The molecule has 1 saturated carbocycles. The number of halogens is 1. The van der Waals surface area contributed by atoms with Crippen LogP contribution in [-0.2, 0) is 0 Å². The van der Waals surface area contributed by atoms with E-state index in [2.05, 4.69) is 0 Å². The van der Waals surface area contributed by atoms with Crippen molar-refractivity contribution in [3.63, 3.8) is 0 Å². The summed E-state index contributed by atoms with van der Waals surface area (Å²) in [7, 11) is 0. The summed E-state index contributed by atoms with van der Waals surface area (Å²) in [5, 5.41) is 9.90. The Bertz CT molecular complexity index is 336. The Kier molecular flexibility index (Phi) is 2.42. The largest absolute Gasteiger partial charge is 0.396 e. The monoisotopic (exact) mass is 195 g/mol. The minimum atomic E-state index is -0.598. The number of hydrogen-bond acceptors (Lipinski definition) is 2. The maximum absolute atomic E-state index is 13.1. The Morgan fingerprint density at radius 1 is 1.43 bits per heavy atom. The van der Waals surface area contributed by atoms with Gasteiger partial charge < -0.3 is 10.8 Å². The fraction of sp³-hybridized carbons (Fsp3) is 0.455. The van der Waals surface area contributed by atoms with E-state index in [0.29, 0.717) is 5.56 Å². The average molecular weight is 195 g/mol. The van der Waals surface area contributed by atoms with E-state index in [1.807, 2.05) is 0 Å². The lowest BCUT2D eigenvalue weighted by molar-refractivity contribution is 0.0625. The SMILES string of the molecule is Nc1c(F)cccc1C(O)C1CCC1. The molecular formula is C11H14FNO. The van der Waals surface area contributed by atoms with Crippen LogP contribution in [0.25, 0.3) is 0 Å². The fourth-order valence-corrected chi connectivity index (χ4v) is 1.82. The molecule has 3 N–H and O–H groups in total. The highest BCUT2D eigenvalue weighted by Crippen LogP contribution is 2.39. The minimum Gasteiger partial charge on any atom is -0.396 e. The van der Waals surface area contributed by atoms with Crippen LogP contribution in [0.2, 0.25) is 0 Å². The summed E-state index contributed by atoms with van der Waals surface area (Å²) in [5.74, 6) is -0.181. The maximum atomic E-state index is 13.1. The van der Waals surface area contributed by atoms with Crippen LogP contribution in [0.4, 0.5) is 10.1 Å². The van der Waals surface area contributed by atoms with E-state index in [1.165, 1.54) is 6.07 Å². The van der Waals surface area contributed by atoms with Crippen LogP contribution in [0.5, 0.6) is 0 Å². The zero-order valence-electron chi connectivity index (χ0n) is 7.91. The van der Waals surface area contributed by atoms with Crippen LogP contribution in [-0.4, -0.2) is 5.11 Å². The van der Waals surface area contributed by atoms with Crippen molar-refractivity contribution in [1.82, 2.24) is 0 Å². The Morgan fingerprint density at radius 2 is 2.14 bits per heavy atom. The molecule has 1 unspecified atom stereocenters. The molecule has 2 rings (SSSR count). The molecule has 14 heavy (non-hydrogen) atoms. The summed E-state index contributed by atoms with van der Waals surface area (Å²) in [6, 6.07) is 4.59. The smallest absolute Gasteiger partial charge is 0.146 e. The molecule has 1 aromatic carbocycles. The molecule has 0 bridgehead atoms. The first-order valence-corrected chi connectivity index (χ1v) is 4.92. The van der Waals surface area contributed by atoms with Gasteiger partial charge in [-0.05, 0) is 24.8 Å². The molecule has 0 saturated heterocycles. The van der Waals surface area contributed by atoms with Crippen molar-refractivity contribution >= 4 is 5.69 Å². The Balaban J connectivity index is 2.26. The molecule has 0 aliphatic heterocycles. The molecule has 3 heteroatoms. The molecule has 1 fully saturated rings. The highest BCUT2D eigenvalue weighted by Gasteiger charge is 2.28. The van der Waals surface area contributed by atoms with Gasteiger partial charge in [0.1, 0.15) is 5.82 Å². The highest BCUT2D eigenvalue weighted by atomic mass is 19.1. The van der Waals surface area contributed by atoms with E-state index in [0.717, 1.165) is 19.3 Å². The van der Waals surface area contributed by atoms with Crippen LogP contribution in [0.1, 0.15) is 30.9 Å². The summed E-state index contributed by atoms with van der Waals surface area (Å²) in [4.78, 5) is 0. The highest BCUT2D eigenvalue weighted by molar-refractivity contribution is 5.49. The first-order chi connectivity index (χ1) is 6.70. The van der Waals surface area contributed by atoms with Crippen LogP contribution in [0.15, 0.2) is 18.2 Å². The number of anilines is 1. The first kappa shape index (κ1) is 9.46. The van der Waals surface area contributed by atoms with Gasteiger partial charge in [0.15, 0.2) is 0 Å². The van der Waals surface area contributed by atoms with Crippen molar-refractivity contribution in [3.05, 3.63) is 29.6 Å². The number of nitrogens with two attached hydrogens (primary N) is 1. The van der Waals surface area contributed by atoms with Gasteiger partial charge in [-0.25, -0.2) is 4.39 Å². The van der Waals surface area contributed by atoms with Gasteiger partial charge in [0.05, 0.1) is 11.8 Å². The normalized spacial score (nSPS) is 19.0. The summed E-state index contributed by atoms with van der Waals surface area (Å²) < 4.78 is 13.1. The second kappa shape index (κ2) is 3.58. The maximum Gasteiger partial charge on any atom is 0.146 e. The topological polar surface area (TPSA) is 46.2 Å². The third kappa shape index (κ3) is 1.48. The molecule has 0 heterocycles. The van der Waals surface area contributed by atoms with Crippen LogP contribution in [0.3, 0.4) is 0 Å². The number of aliphatic hydroxyl groups is 1. The molecule has 0 radical (unpaired) electrons. The van der Waals surface area contributed by atoms with Gasteiger partial charge in [0, 0.05) is 5.56 Å². The summed E-state index contributed by atoms with van der Waals surface area (Å²) in [6.45, 7) is 0. The van der Waals surface area contributed by atoms with Crippen molar-refractivity contribution in [2.75, 3.05) is 5.73 Å². The molecule has 1 atom stereocenters. The van der Waals surface area contributed by atoms with E-state index in [4.69, 9.17) is 5.73 Å². The van der Waals surface area contributed by atoms with Gasteiger partial charge in [-0.1, -0.05) is 18.6 Å². The second-order valence-corrected chi connectivity index (χ2v) is 3.88. The summed E-state index contributed by atoms with van der Waals surface area (Å²) >= 11 is 0. The van der Waals surface area contributed by atoms with E-state index < -0.39 is 11.9 Å². The van der Waals surface area contributed by atoms with Crippen molar-refractivity contribution in [2.45, 2.75) is 25.4 Å². The van der Waals surface area contributed by atoms with Gasteiger partial charge in [-0.3, -0.25) is 0 Å². The van der Waals surface area contributed by atoms with Gasteiger partial charge in [0.25, 0.3) is 0 Å². The predicted molar refractivity (Wildman–Crippen MR) is 53.1 cm³/mol. The van der Waals surface area contributed by atoms with Crippen molar-refractivity contribution < 1.29 is 9.50 Å².